The van der Waals surface area contributed by atoms with E-state index in [1.54, 1.807) is 7.11 Å². The summed E-state index contributed by atoms with van der Waals surface area (Å²) in [6.07, 6.45) is 5.08. The van der Waals surface area contributed by atoms with Gasteiger partial charge in [0.1, 0.15) is 0 Å². The highest BCUT2D eigenvalue weighted by atomic mass is 16.5. The summed E-state index contributed by atoms with van der Waals surface area (Å²) in [4.78, 5) is 2.57. The first-order chi connectivity index (χ1) is 8.79. The highest BCUT2D eigenvalue weighted by Gasteiger charge is 2.27. The summed E-state index contributed by atoms with van der Waals surface area (Å²) in [5.74, 6) is 0. The van der Waals surface area contributed by atoms with E-state index in [0.29, 0.717) is 0 Å². The van der Waals surface area contributed by atoms with Crippen LogP contribution in [0.2, 0.25) is 0 Å². The molecule has 0 aliphatic heterocycles. The van der Waals surface area contributed by atoms with Crippen molar-refractivity contribution < 1.29 is 4.74 Å². The van der Waals surface area contributed by atoms with E-state index in [-0.39, 0.29) is 0 Å². The van der Waals surface area contributed by atoms with Gasteiger partial charge in [0, 0.05) is 25.4 Å². The molecule has 1 aliphatic carbocycles. The second-order valence-electron chi connectivity index (χ2n) is 5.11. The second-order valence-corrected chi connectivity index (χ2v) is 5.11. The molecule has 1 fully saturated rings. The van der Waals surface area contributed by atoms with Crippen LogP contribution in [0.3, 0.4) is 0 Å². The minimum Gasteiger partial charge on any atom is -0.399 e. The predicted molar refractivity (Wildman–Crippen MR) is 75.6 cm³/mol. The number of nitrogens with two attached hydrogens (primary N) is 1. The maximum Gasteiger partial charge on any atom is 0.0589 e. The van der Waals surface area contributed by atoms with Crippen LogP contribution in [-0.2, 0) is 11.2 Å². The smallest absolute Gasteiger partial charge is 0.0589 e. The van der Waals surface area contributed by atoms with Gasteiger partial charge in [-0.3, -0.25) is 4.90 Å². The van der Waals surface area contributed by atoms with Gasteiger partial charge in [-0.15, -0.1) is 0 Å². The van der Waals surface area contributed by atoms with E-state index < -0.39 is 0 Å². The third-order valence-corrected chi connectivity index (χ3v) is 3.54. The topological polar surface area (TPSA) is 38.5 Å². The zero-order chi connectivity index (χ0) is 12.8. The molecule has 0 spiro atoms. The summed E-state index contributed by atoms with van der Waals surface area (Å²) >= 11 is 0. The summed E-state index contributed by atoms with van der Waals surface area (Å²) < 4.78 is 5.17. The van der Waals surface area contributed by atoms with Gasteiger partial charge in [-0.05, 0) is 49.9 Å². The standard InChI is InChI=1S/C15H24N2O/c1-18-12-11-17(15-8-9-15)10-2-3-13-4-6-14(16)7-5-13/h4-7,15H,2-3,8-12,16H2,1H3. The summed E-state index contributed by atoms with van der Waals surface area (Å²) in [5.41, 5.74) is 7.91. The van der Waals surface area contributed by atoms with Crippen molar-refractivity contribution >= 4 is 5.69 Å². The number of nitrogen functional groups attached to an aromatic ring is 1. The van der Waals surface area contributed by atoms with Crippen LogP contribution in [0, 0.1) is 0 Å². The Morgan fingerprint density at radius 3 is 2.56 bits per heavy atom. The lowest BCUT2D eigenvalue weighted by Crippen LogP contribution is -2.30. The van der Waals surface area contributed by atoms with E-state index in [1.807, 2.05) is 12.1 Å². The SMILES string of the molecule is COCCN(CCCc1ccc(N)cc1)C1CC1. The number of aryl methyl sites for hydroxylation is 1. The molecule has 2 rings (SSSR count). The Labute approximate surface area is 110 Å². The molecular weight excluding hydrogens is 224 g/mol. The van der Waals surface area contributed by atoms with Crippen LogP contribution in [-0.4, -0.2) is 37.7 Å². The van der Waals surface area contributed by atoms with Gasteiger partial charge in [0.05, 0.1) is 6.61 Å². The van der Waals surface area contributed by atoms with Gasteiger partial charge in [0.2, 0.25) is 0 Å². The number of nitrogens with zero attached hydrogens (tertiary/aromatic N) is 1. The quantitative estimate of drug-likeness (QED) is 0.718. The molecule has 0 unspecified atom stereocenters. The number of benzene rings is 1. The summed E-state index contributed by atoms with van der Waals surface area (Å²) in [7, 11) is 1.78. The van der Waals surface area contributed by atoms with E-state index >= 15 is 0 Å². The minimum atomic E-state index is 0.826. The average Bonchev–Trinajstić information content (AvgIpc) is 3.20. The average molecular weight is 248 g/mol. The van der Waals surface area contributed by atoms with Crippen LogP contribution in [0.5, 0.6) is 0 Å². The third kappa shape index (κ3) is 4.31. The molecule has 0 atom stereocenters. The molecule has 0 bridgehead atoms. The van der Waals surface area contributed by atoms with Crippen LogP contribution < -0.4 is 5.73 Å². The molecule has 100 valence electrons. The number of hydrogen-bond acceptors (Lipinski definition) is 3. The van der Waals surface area contributed by atoms with Gasteiger partial charge >= 0.3 is 0 Å². The Balaban J connectivity index is 1.70. The van der Waals surface area contributed by atoms with Crippen LogP contribution in [0.25, 0.3) is 0 Å². The normalized spacial score (nSPS) is 15.2. The number of anilines is 1. The largest absolute Gasteiger partial charge is 0.399 e. The van der Waals surface area contributed by atoms with Crippen molar-refractivity contribution in [2.75, 3.05) is 32.5 Å². The fourth-order valence-electron chi connectivity index (χ4n) is 2.30. The van der Waals surface area contributed by atoms with Crippen molar-refractivity contribution in [1.29, 1.82) is 0 Å². The lowest BCUT2D eigenvalue weighted by molar-refractivity contribution is 0.143. The Morgan fingerprint density at radius 2 is 1.94 bits per heavy atom. The van der Waals surface area contributed by atoms with Crippen molar-refractivity contribution in [2.45, 2.75) is 31.7 Å². The maximum absolute atomic E-state index is 5.68. The Bertz CT molecular complexity index is 346. The minimum absolute atomic E-state index is 0.826. The number of rotatable bonds is 8. The zero-order valence-electron chi connectivity index (χ0n) is 11.3. The van der Waals surface area contributed by atoms with Gasteiger partial charge in [-0.2, -0.15) is 0 Å². The van der Waals surface area contributed by atoms with Crippen molar-refractivity contribution in [1.82, 2.24) is 4.90 Å². The lowest BCUT2D eigenvalue weighted by Gasteiger charge is -2.21. The molecule has 3 nitrogen and oxygen atoms in total. The highest BCUT2D eigenvalue weighted by Crippen LogP contribution is 2.26. The molecule has 1 aromatic rings. The molecule has 0 radical (unpaired) electrons. The van der Waals surface area contributed by atoms with Gasteiger partial charge in [-0.1, -0.05) is 12.1 Å². The first-order valence-electron chi connectivity index (χ1n) is 6.87. The van der Waals surface area contributed by atoms with Crippen molar-refractivity contribution in [3.8, 4) is 0 Å². The molecule has 0 heterocycles. The molecule has 0 aromatic heterocycles. The first kappa shape index (κ1) is 13.4. The lowest BCUT2D eigenvalue weighted by atomic mass is 10.1. The molecule has 1 saturated carbocycles. The zero-order valence-corrected chi connectivity index (χ0v) is 11.3. The second kappa shape index (κ2) is 6.76. The molecule has 3 heteroatoms. The molecule has 1 aromatic carbocycles. The van der Waals surface area contributed by atoms with Crippen molar-refractivity contribution in [3.63, 3.8) is 0 Å². The summed E-state index contributed by atoms with van der Waals surface area (Å²) in [6.45, 7) is 3.10. The van der Waals surface area contributed by atoms with E-state index in [2.05, 4.69) is 17.0 Å². The maximum atomic E-state index is 5.68. The molecule has 0 saturated heterocycles. The number of ether oxygens (including phenoxy) is 1. The molecule has 0 amide bonds. The predicted octanol–water partition coefficient (Wildman–Crippen LogP) is 2.31. The van der Waals surface area contributed by atoms with E-state index in [0.717, 1.165) is 31.3 Å². The Morgan fingerprint density at radius 1 is 1.22 bits per heavy atom. The van der Waals surface area contributed by atoms with Gasteiger partial charge in [-0.25, -0.2) is 0 Å². The van der Waals surface area contributed by atoms with Crippen LogP contribution in [0.4, 0.5) is 5.69 Å². The van der Waals surface area contributed by atoms with Gasteiger partial charge in [0.25, 0.3) is 0 Å². The molecular formula is C15H24N2O. The Hall–Kier alpha value is -1.06. The monoisotopic (exact) mass is 248 g/mol. The van der Waals surface area contributed by atoms with Crippen LogP contribution in [0.15, 0.2) is 24.3 Å². The summed E-state index contributed by atoms with van der Waals surface area (Å²) in [5, 5.41) is 0. The third-order valence-electron chi connectivity index (χ3n) is 3.54. The van der Waals surface area contributed by atoms with Crippen LogP contribution in [0.1, 0.15) is 24.8 Å². The highest BCUT2D eigenvalue weighted by molar-refractivity contribution is 5.39. The fourth-order valence-corrected chi connectivity index (χ4v) is 2.30. The number of methoxy groups -OCH3 is 1. The van der Waals surface area contributed by atoms with E-state index in [1.165, 1.54) is 31.4 Å². The van der Waals surface area contributed by atoms with Crippen LogP contribution >= 0.6 is 0 Å². The Kier molecular flexibility index (Phi) is 5.02. The fraction of sp³-hybridized carbons (Fsp3) is 0.600. The number of hydrogen-bond donors (Lipinski definition) is 1. The molecule has 1 aliphatic rings. The van der Waals surface area contributed by atoms with Gasteiger partial charge in [0.15, 0.2) is 0 Å². The van der Waals surface area contributed by atoms with E-state index in [4.69, 9.17) is 10.5 Å². The van der Waals surface area contributed by atoms with E-state index in [9.17, 15) is 0 Å². The first-order valence-corrected chi connectivity index (χ1v) is 6.87. The summed E-state index contributed by atoms with van der Waals surface area (Å²) in [6, 6.07) is 9.06. The van der Waals surface area contributed by atoms with Crippen molar-refractivity contribution in [2.24, 2.45) is 0 Å². The molecule has 18 heavy (non-hydrogen) atoms. The van der Waals surface area contributed by atoms with Crippen molar-refractivity contribution in [3.05, 3.63) is 29.8 Å². The molecule has 2 N–H and O–H groups in total. The van der Waals surface area contributed by atoms with Gasteiger partial charge < -0.3 is 10.5 Å².